The van der Waals surface area contributed by atoms with Crippen molar-refractivity contribution >= 4 is 15.9 Å². The molecule has 94 valence electrons. The van der Waals surface area contributed by atoms with Gasteiger partial charge in [0, 0.05) is 0 Å². The van der Waals surface area contributed by atoms with Gasteiger partial charge in [-0.15, -0.1) is 0 Å². The van der Waals surface area contributed by atoms with Crippen LogP contribution >= 0.6 is 15.9 Å². The second-order valence-corrected chi connectivity index (χ2v) is 4.94. The van der Waals surface area contributed by atoms with Gasteiger partial charge < -0.3 is 5.11 Å². The largest absolute Gasteiger partial charge is 0.384 e. The van der Waals surface area contributed by atoms with Crippen molar-refractivity contribution in [1.29, 1.82) is 0 Å². The normalized spacial score (nSPS) is 12.5. The first-order valence-corrected chi connectivity index (χ1v) is 6.17. The third kappa shape index (κ3) is 2.60. The summed E-state index contributed by atoms with van der Waals surface area (Å²) in [5, 5.41) is 10.1. The molecule has 0 aliphatic heterocycles. The minimum atomic E-state index is -0.975. The van der Waals surface area contributed by atoms with Gasteiger partial charge in [0.25, 0.3) is 0 Å². The average Bonchev–Trinajstić information content (AvgIpc) is 2.35. The maximum atomic E-state index is 13.4. The Morgan fingerprint density at radius 1 is 1.00 bits per heavy atom. The number of aliphatic hydroxyl groups excluding tert-OH is 1. The zero-order valence-corrected chi connectivity index (χ0v) is 11.2. The van der Waals surface area contributed by atoms with E-state index in [2.05, 4.69) is 15.9 Å². The van der Waals surface area contributed by atoms with Gasteiger partial charge in [-0.05, 0) is 57.7 Å². The molecule has 1 N–H and O–H groups in total. The number of halogens is 3. The zero-order valence-electron chi connectivity index (χ0n) is 9.62. The first kappa shape index (κ1) is 13.2. The summed E-state index contributed by atoms with van der Waals surface area (Å²) in [6, 6.07) is 8.76. The van der Waals surface area contributed by atoms with Crippen molar-refractivity contribution in [2.75, 3.05) is 0 Å². The molecule has 1 nitrogen and oxygen atoms in total. The van der Waals surface area contributed by atoms with Crippen LogP contribution in [-0.4, -0.2) is 5.11 Å². The zero-order chi connectivity index (χ0) is 13.3. The molecule has 0 spiro atoms. The van der Waals surface area contributed by atoms with Gasteiger partial charge in [-0.25, -0.2) is 8.78 Å². The van der Waals surface area contributed by atoms with E-state index in [1.165, 1.54) is 24.3 Å². The fraction of sp³-hybridized carbons (Fsp3) is 0.143. The van der Waals surface area contributed by atoms with Gasteiger partial charge in [0.2, 0.25) is 0 Å². The lowest BCUT2D eigenvalue weighted by molar-refractivity contribution is 0.219. The van der Waals surface area contributed by atoms with Crippen LogP contribution in [0.5, 0.6) is 0 Å². The van der Waals surface area contributed by atoms with E-state index in [-0.39, 0.29) is 10.3 Å². The predicted molar refractivity (Wildman–Crippen MR) is 69.3 cm³/mol. The monoisotopic (exact) mass is 312 g/mol. The van der Waals surface area contributed by atoms with Crippen LogP contribution in [0.15, 0.2) is 40.9 Å². The van der Waals surface area contributed by atoms with Crippen LogP contribution in [0.2, 0.25) is 0 Å². The molecule has 0 saturated carbocycles. The van der Waals surface area contributed by atoms with E-state index < -0.39 is 11.9 Å². The second-order valence-electron chi connectivity index (χ2n) is 4.08. The van der Waals surface area contributed by atoms with E-state index >= 15 is 0 Å². The van der Waals surface area contributed by atoms with Crippen LogP contribution in [0.25, 0.3) is 0 Å². The maximum absolute atomic E-state index is 13.4. The molecule has 2 rings (SSSR count). The topological polar surface area (TPSA) is 20.2 Å². The molecule has 0 aliphatic rings. The molecule has 1 atom stereocenters. The van der Waals surface area contributed by atoms with E-state index in [1.807, 2.05) is 0 Å². The molecule has 0 radical (unpaired) electrons. The predicted octanol–water partition coefficient (Wildman–Crippen LogP) is 4.12. The Kier molecular flexibility index (Phi) is 3.78. The number of hydrogen-bond donors (Lipinski definition) is 1. The molecule has 0 aliphatic carbocycles. The highest BCUT2D eigenvalue weighted by Crippen LogP contribution is 2.26. The van der Waals surface area contributed by atoms with Gasteiger partial charge in [0.15, 0.2) is 0 Å². The van der Waals surface area contributed by atoms with E-state index in [9.17, 15) is 13.9 Å². The highest BCUT2D eigenvalue weighted by atomic mass is 79.9. The van der Waals surface area contributed by atoms with E-state index in [1.54, 1.807) is 19.1 Å². The molecule has 4 heteroatoms. The fourth-order valence-corrected chi connectivity index (χ4v) is 2.05. The van der Waals surface area contributed by atoms with Crippen molar-refractivity contribution in [2.24, 2.45) is 0 Å². The van der Waals surface area contributed by atoms with Gasteiger partial charge in [0.1, 0.15) is 17.7 Å². The van der Waals surface area contributed by atoms with Crippen LogP contribution in [0.4, 0.5) is 8.78 Å². The van der Waals surface area contributed by atoms with E-state index in [4.69, 9.17) is 0 Å². The summed E-state index contributed by atoms with van der Waals surface area (Å²) in [6.45, 7) is 1.65. The molecule has 0 bridgehead atoms. The summed E-state index contributed by atoms with van der Waals surface area (Å²) in [4.78, 5) is 0. The lowest BCUT2D eigenvalue weighted by Crippen LogP contribution is -2.01. The minimum absolute atomic E-state index is 0.270. The van der Waals surface area contributed by atoms with Crippen molar-refractivity contribution in [1.82, 2.24) is 0 Å². The lowest BCUT2D eigenvalue weighted by Gasteiger charge is -2.12. The Labute approximate surface area is 112 Å². The van der Waals surface area contributed by atoms with E-state index in [0.717, 1.165) is 0 Å². The first-order valence-electron chi connectivity index (χ1n) is 5.38. The lowest BCUT2D eigenvalue weighted by atomic mass is 10.0. The Bertz CT molecular complexity index is 533. The van der Waals surface area contributed by atoms with Gasteiger partial charge in [0.05, 0.1) is 4.47 Å². The standard InChI is InChI=1S/C14H11BrF2O/c1-8-2-3-10(7-13(8)17)14(18)9-4-5-12(16)11(15)6-9/h2-7,14,18H,1H3. The van der Waals surface area contributed by atoms with Crippen molar-refractivity contribution in [3.63, 3.8) is 0 Å². The smallest absolute Gasteiger partial charge is 0.137 e. The van der Waals surface area contributed by atoms with Crippen molar-refractivity contribution in [2.45, 2.75) is 13.0 Å². The van der Waals surface area contributed by atoms with Crippen LogP contribution < -0.4 is 0 Å². The van der Waals surface area contributed by atoms with E-state index in [0.29, 0.717) is 16.7 Å². The molecule has 0 amide bonds. The number of rotatable bonds is 2. The Balaban J connectivity index is 2.37. The van der Waals surface area contributed by atoms with Crippen LogP contribution in [0.1, 0.15) is 22.8 Å². The molecule has 0 saturated heterocycles. The molecular formula is C14H11BrF2O. The molecule has 0 heterocycles. The summed E-state index contributed by atoms with van der Waals surface area (Å²) >= 11 is 3.05. The molecule has 18 heavy (non-hydrogen) atoms. The SMILES string of the molecule is Cc1ccc(C(O)c2ccc(F)c(Br)c2)cc1F. The fourth-order valence-electron chi connectivity index (χ4n) is 1.65. The summed E-state index contributed by atoms with van der Waals surface area (Å²) < 4.78 is 26.8. The highest BCUT2D eigenvalue weighted by molar-refractivity contribution is 9.10. The third-order valence-electron chi connectivity index (χ3n) is 2.77. The number of aliphatic hydroxyl groups is 1. The van der Waals surface area contributed by atoms with Crippen molar-refractivity contribution < 1.29 is 13.9 Å². The molecule has 0 fully saturated rings. The van der Waals surface area contributed by atoms with Crippen LogP contribution in [0, 0.1) is 18.6 Å². The number of benzene rings is 2. The Hall–Kier alpha value is -1.26. The molecule has 2 aromatic rings. The van der Waals surface area contributed by atoms with Crippen molar-refractivity contribution in [3.05, 3.63) is 69.2 Å². The van der Waals surface area contributed by atoms with Crippen LogP contribution in [0.3, 0.4) is 0 Å². The summed E-state index contributed by atoms with van der Waals surface area (Å²) in [5.74, 6) is -0.770. The van der Waals surface area contributed by atoms with Gasteiger partial charge in [-0.1, -0.05) is 18.2 Å². The first-order chi connectivity index (χ1) is 8.49. The molecule has 1 unspecified atom stereocenters. The molecule has 0 aromatic heterocycles. The maximum Gasteiger partial charge on any atom is 0.137 e. The summed E-state index contributed by atoms with van der Waals surface area (Å²) in [5.41, 5.74) is 1.47. The van der Waals surface area contributed by atoms with Crippen LogP contribution in [-0.2, 0) is 0 Å². The summed E-state index contributed by atoms with van der Waals surface area (Å²) in [6.07, 6.45) is -0.975. The molecular weight excluding hydrogens is 302 g/mol. The number of aryl methyl sites for hydroxylation is 1. The van der Waals surface area contributed by atoms with Gasteiger partial charge >= 0.3 is 0 Å². The Morgan fingerprint density at radius 2 is 1.61 bits per heavy atom. The third-order valence-corrected chi connectivity index (χ3v) is 3.38. The average molecular weight is 313 g/mol. The number of hydrogen-bond acceptors (Lipinski definition) is 1. The van der Waals surface area contributed by atoms with Gasteiger partial charge in [-0.2, -0.15) is 0 Å². The van der Waals surface area contributed by atoms with Crippen molar-refractivity contribution in [3.8, 4) is 0 Å². The quantitative estimate of drug-likeness (QED) is 0.884. The highest BCUT2D eigenvalue weighted by Gasteiger charge is 2.13. The Morgan fingerprint density at radius 3 is 2.22 bits per heavy atom. The molecule has 2 aromatic carbocycles. The minimum Gasteiger partial charge on any atom is -0.384 e. The summed E-state index contributed by atoms with van der Waals surface area (Å²) in [7, 11) is 0. The second kappa shape index (κ2) is 5.16. The van der Waals surface area contributed by atoms with Gasteiger partial charge in [-0.3, -0.25) is 0 Å².